The molecule has 2 heteroatoms. The van der Waals surface area contributed by atoms with Gasteiger partial charge in [0.05, 0.1) is 0 Å². The van der Waals surface area contributed by atoms with Gasteiger partial charge in [-0.15, -0.1) is 0 Å². The molecule has 1 aromatic rings. The third-order valence-electron chi connectivity index (χ3n) is 0.806. The smallest absolute Gasteiger partial charge is 0.192 e. The van der Waals surface area contributed by atoms with Gasteiger partial charge in [-0.25, -0.2) is 0 Å². The van der Waals surface area contributed by atoms with Crippen LogP contribution in [0.3, 0.4) is 0 Å². The molecule has 0 heterocycles. The van der Waals surface area contributed by atoms with Crippen molar-refractivity contribution in [2.24, 2.45) is 0 Å². The fourth-order valence-electron chi connectivity index (χ4n) is 0.439. The third-order valence-corrected chi connectivity index (χ3v) is 1.32. The zero-order valence-corrected chi connectivity index (χ0v) is 5.06. The minimum Gasteiger partial charge on any atom is -0.269 e. The maximum atomic E-state index is 10.1. The van der Waals surface area contributed by atoms with Crippen LogP contribution in [-0.2, 0) is 4.57 Å². The first-order valence-electron chi connectivity index (χ1n) is 2.23. The van der Waals surface area contributed by atoms with Gasteiger partial charge >= 0.3 is 0 Å². The number of benzene rings is 1. The predicted molar refractivity (Wildman–Crippen MR) is 32.5 cm³/mol. The van der Waals surface area contributed by atoms with Crippen LogP contribution in [0.15, 0.2) is 24.3 Å². The van der Waals surface area contributed by atoms with Gasteiger partial charge in [0.2, 0.25) is 0 Å². The summed E-state index contributed by atoms with van der Waals surface area (Å²) in [5.74, 6) is 0. The lowest BCUT2D eigenvalue weighted by atomic mass is 10.4. The van der Waals surface area contributed by atoms with Crippen molar-refractivity contribution in [3.63, 3.8) is 0 Å². The lowest BCUT2D eigenvalue weighted by Crippen LogP contribution is -1.85. The van der Waals surface area contributed by atoms with Crippen LogP contribution < -0.4 is 5.30 Å². The van der Waals surface area contributed by atoms with Gasteiger partial charge in [-0.05, 0) is 18.2 Å². The minimum absolute atomic E-state index is 0.0794. The molecule has 0 aliphatic heterocycles. The van der Waals surface area contributed by atoms with Crippen LogP contribution in [0.25, 0.3) is 0 Å². The molecule has 1 aromatic carbocycles. The van der Waals surface area contributed by atoms with Crippen molar-refractivity contribution in [3.8, 4) is 0 Å². The Kier molecular flexibility index (Phi) is 1.76. The summed E-state index contributed by atoms with van der Waals surface area (Å²) >= 11 is 0. The lowest BCUT2D eigenvalue weighted by Gasteiger charge is -1.80. The average Bonchev–Trinajstić information content (AvgIpc) is 1.90. The van der Waals surface area contributed by atoms with Crippen LogP contribution in [0.1, 0.15) is 0 Å². The van der Waals surface area contributed by atoms with Crippen LogP contribution >= 0.6 is 8.46 Å². The van der Waals surface area contributed by atoms with E-state index in [9.17, 15) is 4.57 Å². The summed E-state index contributed by atoms with van der Waals surface area (Å²) in [4.78, 5) is 0. The van der Waals surface area contributed by atoms with Gasteiger partial charge in [0.15, 0.2) is 8.46 Å². The highest BCUT2D eigenvalue weighted by molar-refractivity contribution is 7.34. The fraction of sp³-hybridized carbons (Fsp3) is 0. The van der Waals surface area contributed by atoms with Crippen molar-refractivity contribution in [2.75, 3.05) is 0 Å². The largest absolute Gasteiger partial charge is 0.269 e. The monoisotopic (exact) mass is 123 g/mol. The quantitative estimate of drug-likeness (QED) is 0.516. The highest BCUT2D eigenvalue weighted by atomic mass is 31.1. The molecule has 0 aromatic heterocycles. The standard InChI is InChI=1S/C6H4OP/c7-8-6-4-2-1-3-5-6/h2-5H. The van der Waals surface area contributed by atoms with Gasteiger partial charge in [-0.2, -0.15) is 0 Å². The molecule has 0 bridgehead atoms. The molecule has 0 saturated carbocycles. The molecule has 0 fully saturated rings. The van der Waals surface area contributed by atoms with Gasteiger partial charge < -0.3 is 0 Å². The van der Waals surface area contributed by atoms with Crippen LogP contribution in [0.2, 0.25) is 0 Å². The second-order valence-corrected chi connectivity index (χ2v) is 2.05. The van der Waals surface area contributed by atoms with Crippen molar-refractivity contribution in [2.45, 2.75) is 0 Å². The molecule has 0 saturated heterocycles. The summed E-state index contributed by atoms with van der Waals surface area (Å²) in [6.07, 6.45) is 0. The molecule has 39 valence electrons. The van der Waals surface area contributed by atoms with E-state index < -0.39 is 0 Å². The number of hydrogen-bond donors (Lipinski definition) is 0. The molecule has 0 amide bonds. The first-order chi connectivity index (χ1) is 3.93. The number of hydrogen-bond acceptors (Lipinski definition) is 1. The van der Waals surface area contributed by atoms with Crippen molar-refractivity contribution in [3.05, 3.63) is 30.3 Å². The first-order valence-corrected chi connectivity index (χ1v) is 3.04. The average molecular weight is 123 g/mol. The summed E-state index contributed by atoms with van der Waals surface area (Å²) in [7, 11) is 0.0794. The first kappa shape index (κ1) is 5.46. The maximum absolute atomic E-state index is 10.1. The second-order valence-electron chi connectivity index (χ2n) is 1.35. The molecule has 1 nitrogen and oxygen atoms in total. The van der Waals surface area contributed by atoms with Crippen molar-refractivity contribution < 1.29 is 4.57 Å². The summed E-state index contributed by atoms with van der Waals surface area (Å²) in [6, 6.07) is 9.81. The van der Waals surface area contributed by atoms with Crippen LogP contribution in [0.4, 0.5) is 0 Å². The molecule has 0 spiro atoms. The van der Waals surface area contributed by atoms with Gasteiger partial charge in [-0.3, -0.25) is 4.57 Å². The Hall–Kier alpha value is -0.680. The van der Waals surface area contributed by atoms with E-state index in [0.717, 1.165) is 5.30 Å². The van der Waals surface area contributed by atoms with E-state index in [-0.39, 0.29) is 8.46 Å². The van der Waals surface area contributed by atoms with E-state index in [2.05, 4.69) is 6.07 Å². The summed E-state index contributed by atoms with van der Waals surface area (Å²) < 4.78 is 10.1. The predicted octanol–water partition coefficient (Wildman–Crippen LogP) is 1.40. The van der Waals surface area contributed by atoms with Gasteiger partial charge in [0, 0.05) is 5.30 Å². The van der Waals surface area contributed by atoms with Crippen molar-refractivity contribution in [1.82, 2.24) is 0 Å². The third kappa shape index (κ3) is 1.14. The molecule has 8 heavy (non-hydrogen) atoms. The highest BCUT2D eigenvalue weighted by Gasteiger charge is 1.82. The Bertz CT molecular complexity index is 171. The molecule has 0 N–H and O–H groups in total. The second kappa shape index (κ2) is 2.58. The molecule has 0 aliphatic carbocycles. The molecule has 1 radical (unpaired) electrons. The molecular formula is C6H4OP. The van der Waals surface area contributed by atoms with Crippen molar-refractivity contribution >= 4 is 13.8 Å². The maximum Gasteiger partial charge on any atom is 0.192 e. The van der Waals surface area contributed by atoms with E-state index in [0.29, 0.717) is 0 Å². The van der Waals surface area contributed by atoms with Crippen LogP contribution in [0, 0.1) is 6.07 Å². The lowest BCUT2D eigenvalue weighted by molar-refractivity contribution is 0.603. The fourth-order valence-corrected chi connectivity index (χ4v) is 0.710. The molecule has 1 rings (SSSR count). The Morgan fingerprint density at radius 2 is 2.00 bits per heavy atom. The minimum atomic E-state index is 0.0794. The van der Waals surface area contributed by atoms with Crippen molar-refractivity contribution in [1.29, 1.82) is 0 Å². The van der Waals surface area contributed by atoms with Crippen LogP contribution in [-0.4, -0.2) is 0 Å². The number of rotatable bonds is 1. The van der Waals surface area contributed by atoms with E-state index in [1.807, 2.05) is 0 Å². The Balaban J connectivity index is 2.99. The normalized spacial score (nSPS) is 9.50. The summed E-state index contributed by atoms with van der Waals surface area (Å²) in [5, 5.41) is 0.795. The molecular weight excluding hydrogens is 119 g/mol. The highest BCUT2D eigenvalue weighted by Crippen LogP contribution is 1.92. The van der Waals surface area contributed by atoms with E-state index in [1.54, 1.807) is 24.3 Å². The summed E-state index contributed by atoms with van der Waals surface area (Å²) in [5.41, 5.74) is 0. The zero-order valence-electron chi connectivity index (χ0n) is 4.16. The Morgan fingerprint density at radius 1 is 1.38 bits per heavy atom. The van der Waals surface area contributed by atoms with Gasteiger partial charge in [0.25, 0.3) is 0 Å². The molecule has 0 atom stereocenters. The Labute approximate surface area is 49.6 Å². The SMILES string of the molecule is O=Pc1cc[c]cc1. The van der Waals surface area contributed by atoms with Crippen LogP contribution in [0.5, 0.6) is 0 Å². The van der Waals surface area contributed by atoms with E-state index >= 15 is 0 Å². The molecule has 0 unspecified atom stereocenters. The topological polar surface area (TPSA) is 17.1 Å². The van der Waals surface area contributed by atoms with E-state index in [1.165, 1.54) is 0 Å². The van der Waals surface area contributed by atoms with E-state index in [4.69, 9.17) is 0 Å². The molecule has 0 aliphatic rings. The Morgan fingerprint density at radius 3 is 2.38 bits per heavy atom. The zero-order chi connectivity index (χ0) is 5.82. The summed E-state index contributed by atoms with van der Waals surface area (Å²) in [6.45, 7) is 0. The van der Waals surface area contributed by atoms with Gasteiger partial charge in [-0.1, -0.05) is 12.1 Å². The van der Waals surface area contributed by atoms with Gasteiger partial charge in [0.1, 0.15) is 0 Å².